The fourth-order valence-corrected chi connectivity index (χ4v) is 7.43. The van der Waals surface area contributed by atoms with Crippen molar-refractivity contribution in [3.05, 3.63) is 211 Å². The van der Waals surface area contributed by atoms with E-state index in [1.165, 1.54) is 72.4 Å². The average molecular weight is 697 g/mol. The zero-order valence-electron chi connectivity index (χ0n) is 30.0. The van der Waals surface area contributed by atoms with Crippen LogP contribution in [0.5, 0.6) is 0 Å². The van der Waals surface area contributed by atoms with Crippen LogP contribution in [0.3, 0.4) is 0 Å². The fourth-order valence-electron chi connectivity index (χ4n) is 7.43. The van der Waals surface area contributed by atoms with Crippen molar-refractivity contribution in [2.75, 3.05) is 19.6 Å². The number of hydrogen-bond donors (Lipinski definition) is 3. The van der Waals surface area contributed by atoms with E-state index in [4.69, 9.17) is 0 Å². The second kappa shape index (κ2) is 15.0. The Bertz CT molecular complexity index is 2530. The van der Waals surface area contributed by atoms with E-state index in [0.717, 1.165) is 36.3 Å². The van der Waals surface area contributed by atoms with Crippen LogP contribution in [0.25, 0.3) is 66.8 Å². The molecule has 5 aromatic carbocycles. The van der Waals surface area contributed by atoms with Gasteiger partial charge in [-0.15, -0.1) is 0 Å². The molecule has 0 radical (unpaired) electrons. The zero-order valence-corrected chi connectivity index (χ0v) is 30.0. The molecule has 0 spiro atoms. The Balaban J connectivity index is 1.05. The van der Waals surface area contributed by atoms with Crippen LogP contribution < -0.4 is 16.0 Å². The van der Waals surface area contributed by atoms with Crippen molar-refractivity contribution in [1.29, 1.82) is 0 Å². The summed E-state index contributed by atoms with van der Waals surface area (Å²) in [5.41, 5.74) is 19.1. The van der Waals surface area contributed by atoms with E-state index in [1.807, 2.05) is 24.7 Å². The summed E-state index contributed by atoms with van der Waals surface area (Å²) in [6, 6.07) is 46.4. The monoisotopic (exact) mass is 696 g/mol. The first kappa shape index (κ1) is 33.0. The van der Waals surface area contributed by atoms with Gasteiger partial charge in [-0.3, -0.25) is 4.98 Å². The highest BCUT2D eigenvalue weighted by molar-refractivity contribution is 5.90. The van der Waals surface area contributed by atoms with Crippen LogP contribution in [0.15, 0.2) is 189 Å². The maximum absolute atomic E-state index is 4.41. The second-order valence-corrected chi connectivity index (χ2v) is 13.9. The van der Waals surface area contributed by atoms with Crippen molar-refractivity contribution in [2.45, 2.75) is 0 Å². The lowest BCUT2D eigenvalue weighted by Gasteiger charge is -2.19. The highest BCUT2D eigenvalue weighted by Gasteiger charge is 2.15. The van der Waals surface area contributed by atoms with Crippen LogP contribution in [0, 0.1) is 0 Å². The predicted octanol–water partition coefficient (Wildman–Crippen LogP) is 10.8. The van der Waals surface area contributed by atoms with Crippen LogP contribution >= 0.6 is 0 Å². The van der Waals surface area contributed by atoms with Crippen LogP contribution in [0.4, 0.5) is 0 Å². The molecule has 0 bridgehead atoms. The maximum atomic E-state index is 4.41. The molecule has 0 fully saturated rings. The second-order valence-electron chi connectivity index (χ2n) is 13.9. The van der Waals surface area contributed by atoms with Gasteiger partial charge in [0.25, 0.3) is 0 Å². The summed E-state index contributed by atoms with van der Waals surface area (Å²) in [6.45, 7) is 2.42. The van der Waals surface area contributed by atoms with Gasteiger partial charge in [0.1, 0.15) is 0 Å². The molecule has 3 N–H and O–H groups in total. The van der Waals surface area contributed by atoms with Gasteiger partial charge in [-0.2, -0.15) is 0 Å². The summed E-state index contributed by atoms with van der Waals surface area (Å²) in [6.07, 6.45) is 21.0. The molecule has 0 unspecified atom stereocenters. The summed E-state index contributed by atoms with van der Waals surface area (Å²) in [5, 5.41) is 10.3. The van der Waals surface area contributed by atoms with Gasteiger partial charge in [-0.05, 0) is 156 Å². The van der Waals surface area contributed by atoms with E-state index in [9.17, 15) is 0 Å². The van der Waals surface area contributed by atoms with E-state index in [0.29, 0.717) is 0 Å². The molecule has 54 heavy (non-hydrogen) atoms. The average Bonchev–Trinajstić information content (AvgIpc) is 3.27. The molecule has 0 aliphatic carbocycles. The van der Waals surface area contributed by atoms with E-state index in [1.54, 1.807) is 0 Å². The van der Waals surface area contributed by atoms with E-state index in [2.05, 4.69) is 185 Å². The Labute approximate surface area is 317 Å². The third-order valence-corrected chi connectivity index (χ3v) is 10.2. The summed E-state index contributed by atoms with van der Waals surface area (Å²) in [4.78, 5) is 4.41. The van der Waals surface area contributed by atoms with Gasteiger partial charge in [0.05, 0.1) is 0 Å². The van der Waals surface area contributed by atoms with Gasteiger partial charge < -0.3 is 16.0 Å². The van der Waals surface area contributed by atoms with Gasteiger partial charge in [0, 0.05) is 50.0 Å². The predicted molar refractivity (Wildman–Crippen MR) is 227 cm³/mol. The Morgan fingerprint density at radius 1 is 0.444 bits per heavy atom. The molecule has 4 heteroatoms. The van der Waals surface area contributed by atoms with E-state index < -0.39 is 0 Å². The van der Waals surface area contributed by atoms with Crippen LogP contribution in [-0.2, 0) is 0 Å². The SMILES string of the molecule is C1=CNCC(c2cc(-c3cccnc3)cc(-c3cccc(C4=CC(c5cccc(-c6cc(C7=CNCC=C7)cc(-c7ccccc7)c6)c5)=CNC4)c3)c2)=C1. The van der Waals surface area contributed by atoms with Gasteiger partial charge >= 0.3 is 0 Å². The minimum absolute atomic E-state index is 0.762. The van der Waals surface area contributed by atoms with Crippen molar-refractivity contribution in [2.24, 2.45) is 0 Å². The molecule has 0 saturated heterocycles. The van der Waals surface area contributed by atoms with Crippen molar-refractivity contribution in [1.82, 2.24) is 20.9 Å². The number of allylic oxidation sites excluding steroid dienone is 6. The molecule has 3 aliphatic rings. The molecule has 0 amide bonds. The number of pyridine rings is 1. The third-order valence-electron chi connectivity index (χ3n) is 10.2. The van der Waals surface area contributed by atoms with Crippen LogP contribution in [0.1, 0.15) is 22.3 Å². The largest absolute Gasteiger partial charge is 0.387 e. The molecule has 4 heterocycles. The molecule has 0 atom stereocenters. The van der Waals surface area contributed by atoms with Gasteiger partial charge in [0.2, 0.25) is 0 Å². The highest BCUT2D eigenvalue weighted by atomic mass is 14.8. The normalized spacial score (nSPS) is 14.8. The minimum atomic E-state index is 0.762. The Hall–Kier alpha value is -6.91. The van der Waals surface area contributed by atoms with Crippen molar-refractivity contribution < 1.29 is 0 Å². The molecule has 3 aliphatic heterocycles. The summed E-state index contributed by atoms with van der Waals surface area (Å²) >= 11 is 0. The Kier molecular flexibility index (Phi) is 9.14. The highest BCUT2D eigenvalue weighted by Crippen LogP contribution is 2.36. The molecular formula is C50H40N4. The quantitative estimate of drug-likeness (QED) is 0.148. The van der Waals surface area contributed by atoms with Crippen molar-refractivity contribution >= 4 is 22.3 Å². The molecule has 4 nitrogen and oxygen atoms in total. The lowest BCUT2D eigenvalue weighted by Crippen LogP contribution is -2.14. The molecule has 9 rings (SSSR count). The van der Waals surface area contributed by atoms with Gasteiger partial charge in [-0.1, -0.05) is 91.0 Å². The number of benzene rings is 5. The number of rotatable bonds is 8. The first-order valence-electron chi connectivity index (χ1n) is 18.6. The summed E-state index contributed by atoms with van der Waals surface area (Å²) in [5.74, 6) is 0. The summed E-state index contributed by atoms with van der Waals surface area (Å²) in [7, 11) is 0. The van der Waals surface area contributed by atoms with E-state index in [-0.39, 0.29) is 0 Å². The van der Waals surface area contributed by atoms with Crippen molar-refractivity contribution in [3.63, 3.8) is 0 Å². The number of dihydropyridines is 3. The zero-order chi connectivity index (χ0) is 36.1. The lowest BCUT2D eigenvalue weighted by atomic mass is 9.90. The van der Waals surface area contributed by atoms with E-state index >= 15 is 0 Å². The van der Waals surface area contributed by atoms with Crippen LogP contribution in [0.2, 0.25) is 0 Å². The lowest BCUT2D eigenvalue weighted by molar-refractivity contribution is 0.976. The first-order valence-corrected chi connectivity index (χ1v) is 18.6. The van der Waals surface area contributed by atoms with Gasteiger partial charge in [-0.25, -0.2) is 0 Å². The van der Waals surface area contributed by atoms with Crippen LogP contribution in [-0.4, -0.2) is 24.6 Å². The third kappa shape index (κ3) is 7.10. The maximum Gasteiger partial charge on any atom is 0.0401 e. The standard InChI is InChI=1S/C50H40N4/c1-2-9-35(10-3-1)43-23-44(25-46(24-43)40-15-6-18-51-30-40)36-11-4-13-38(21-36)49-29-50(34-54-33-49)39-14-5-12-37(22-39)45-26-47(41-16-7-19-52-31-41)28-48(27-45)42-17-8-20-53-32-42/h1-17,19-31,33,51,53-54H,18,32,34H2. The number of aromatic nitrogens is 1. The molecule has 6 aromatic rings. The Morgan fingerprint density at radius 3 is 1.78 bits per heavy atom. The minimum Gasteiger partial charge on any atom is -0.387 e. The molecule has 1 aromatic heterocycles. The molecular weight excluding hydrogens is 657 g/mol. The molecule has 0 saturated carbocycles. The van der Waals surface area contributed by atoms with Gasteiger partial charge in [0.15, 0.2) is 0 Å². The summed E-state index contributed by atoms with van der Waals surface area (Å²) < 4.78 is 0. The molecule has 260 valence electrons. The number of hydrogen-bond acceptors (Lipinski definition) is 4. The topological polar surface area (TPSA) is 49.0 Å². The van der Waals surface area contributed by atoms with Crippen molar-refractivity contribution in [3.8, 4) is 44.5 Å². The number of nitrogens with one attached hydrogen (secondary N) is 3. The first-order chi connectivity index (χ1) is 26.7. The Morgan fingerprint density at radius 2 is 1.06 bits per heavy atom. The smallest absolute Gasteiger partial charge is 0.0401 e. The fraction of sp³-hybridized carbons (Fsp3) is 0.0600. The number of nitrogens with zero attached hydrogens (tertiary/aromatic N) is 1.